The van der Waals surface area contributed by atoms with Gasteiger partial charge in [0.25, 0.3) is 5.56 Å². The highest BCUT2D eigenvalue weighted by Crippen LogP contribution is 2.26. The zero-order valence-corrected chi connectivity index (χ0v) is 8.68. The minimum Gasteiger partial charge on any atom is -0.392 e. The van der Waals surface area contributed by atoms with E-state index in [2.05, 4.69) is 4.98 Å². The zero-order chi connectivity index (χ0) is 13.5. The number of alkyl halides is 3. The summed E-state index contributed by atoms with van der Waals surface area (Å²) >= 11 is 0. The number of benzene rings is 1. The number of H-pyrrole nitrogens is 1. The first kappa shape index (κ1) is 12.5. The maximum absolute atomic E-state index is 13.6. The van der Waals surface area contributed by atoms with E-state index in [0.29, 0.717) is 0 Å². The van der Waals surface area contributed by atoms with Crippen molar-refractivity contribution >= 4 is 11.0 Å². The lowest BCUT2D eigenvalue weighted by atomic mass is 10.2. The minimum atomic E-state index is -4.91. The van der Waals surface area contributed by atoms with Crippen molar-refractivity contribution in [1.82, 2.24) is 9.97 Å². The third-order valence-electron chi connectivity index (χ3n) is 2.32. The van der Waals surface area contributed by atoms with Crippen LogP contribution in [0.15, 0.2) is 16.9 Å². The van der Waals surface area contributed by atoms with E-state index in [-0.39, 0.29) is 11.1 Å². The molecule has 0 radical (unpaired) electrons. The normalized spacial score (nSPS) is 12.1. The van der Waals surface area contributed by atoms with Crippen molar-refractivity contribution in [1.29, 1.82) is 0 Å². The van der Waals surface area contributed by atoms with Crippen LogP contribution >= 0.6 is 0 Å². The van der Waals surface area contributed by atoms with Gasteiger partial charge in [0.05, 0.1) is 12.1 Å². The number of aromatic amines is 1. The van der Waals surface area contributed by atoms with Gasteiger partial charge in [0.15, 0.2) is 5.82 Å². The van der Waals surface area contributed by atoms with Gasteiger partial charge in [-0.1, -0.05) is 6.07 Å². The molecule has 0 saturated carbocycles. The van der Waals surface area contributed by atoms with Gasteiger partial charge < -0.3 is 10.1 Å². The lowest BCUT2D eigenvalue weighted by molar-refractivity contribution is -0.142. The quantitative estimate of drug-likeness (QED) is 0.767. The molecule has 1 aromatic carbocycles. The van der Waals surface area contributed by atoms with Gasteiger partial charge >= 0.3 is 6.18 Å². The molecule has 2 rings (SSSR count). The highest BCUT2D eigenvalue weighted by Gasteiger charge is 2.36. The van der Waals surface area contributed by atoms with Crippen molar-refractivity contribution in [3.63, 3.8) is 0 Å². The Bertz CT molecular complexity index is 663. The maximum atomic E-state index is 13.6. The van der Waals surface area contributed by atoms with Crippen molar-refractivity contribution in [3.05, 3.63) is 39.6 Å². The highest BCUT2D eigenvalue weighted by molar-refractivity contribution is 5.75. The van der Waals surface area contributed by atoms with E-state index < -0.39 is 35.4 Å². The molecule has 4 nitrogen and oxygen atoms in total. The average Bonchev–Trinajstić information content (AvgIpc) is 2.28. The van der Waals surface area contributed by atoms with Crippen LogP contribution in [0, 0.1) is 5.82 Å². The molecule has 1 aromatic heterocycles. The Balaban J connectivity index is 2.80. The summed E-state index contributed by atoms with van der Waals surface area (Å²) < 4.78 is 50.8. The second kappa shape index (κ2) is 4.05. The number of aliphatic hydroxyl groups is 1. The highest BCUT2D eigenvalue weighted by atomic mass is 19.4. The number of hydrogen-bond acceptors (Lipinski definition) is 3. The molecule has 0 aliphatic carbocycles. The number of hydrogen-bond donors (Lipinski definition) is 2. The van der Waals surface area contributed by atoms with E-state index in [1.807, 2.05) is 0 Å². The molecule has 2 aromatic rings. The summed E-state index contributed by atoms with van der Waals surface area (Å²) in [5.74, 6) is -0.992. The van der Waals surface area contributed by atoms with Crippen molar-refractivity contribution in [2.45, 2.75) is 12.8 Å². The molecule has 1 heterocycles. The Hall–Kier alpha value is -1.96. The van der Waals surface area contributed by atoms with Crippen LogP contribution in [-0.4, -0.2) is 15.1 Å². The third-order valence-corrected chi connectivity index (χ3v) is 2.32. The van der Waals surface area contributed by atoms with E-state index in [0.717, 1.165) is 12.1 Å². The summed E-state index contributed by atoms with van der Waals surface area (Å²) in [6.07, 6.45) is -4.91. The van der Waals surface area contributed by atoms with Gasteiger partial charge in [0, 0.05) is 5.56 Å². The van der Waals surface area contributed by atoms with Crippen molar-refractivity contribution in [2.24, 2.45) is 0 Å². The molecule has 0 aliphatic rings. The number of rotatable bonds is 1. The lowest BCUT2D eigenvalue weighted by Crippen LogP contribution is -2.24. The van der Waals surface area contributed by atoms with E-state index >= 15 is 0 Å². The molecule has 0 unspecified atom stereocenters. The second-order valence-corrected chi connectivity index (χ2v) is 3.50. The summed E-state index contributed by atoms with van der Waals surface area (Å²) in [5.41, 5.74) is -4.09. The Morgan fingerprint density at radius 3 is 2.56 bits per heavy atom. The maximum Gasteiger partial charge on any atom is 0.438 e. The van der Waals surface area contributed by atoms with Gasteiger partial charge in [0.2, 0.25) is 5.69 Å². The van der Waals surface area contributed by atoms with E-state index in [1.165, 1.54) is 0 Å². The molecule has 0 atom stereocenters. The fraction of sp³-hybridized carbons (Fsp3) is 0.200. The van der Waals surface area contributed by atoms with Gasteiger partial charge in [-0.25, -0.2) is 9.37 Å². The molecule has 96 valence electrons. The number of aromatic nitrogens is 2. The second-order valence-electron chi connectivity index (χ2n) is 3.50. The molecule has 0 amide bonds. The fourth-order valence-electron chi connectivity index (χ4n) is 1.48. The molecule has 18 heavy (non-hydrogen) atoms. The van der Waals surface area contributed by atoms with E-state index in [4.69, 9.17) is 5.11 Å². The summed E-state index contributed by atoms with van der Waals surface area (Å²) in [5, 5.41) is 8.80. The summed E-state index contributed by atoms with van der Waals surface area (Å²) in [7, 11) is 0. The van der Waals surface area contributed by atoms with Crippen LogP contribution in [0.2, 0.25) is 0 Å². The first-order chi connectivity index (χ1) is 8.34. The van der Waals surface area contributed by atoms with Crippen LogP contribution in [0.1, 0.15) is 11.3 Å². The standard InChI is InChI=1S/C10H6F4N2O2/c11-6-4(3-17)1-2-5-7(6)16-9(18)8(15-5)10(12,13)14/h1-2,17H,3H2,(H,16,18). The first-order valence-corrected chi connectivity index (χ1v) is 4.74. The average molecular weight is 262 g/mol. The Morgan fingerprint density at radius 1 is 1.33 bits per heavy atom. The van der Waals surface area contributed by atoms with Crippen molar-refractivity contribution in [2.75, 3.05) is 0 Å². The largest absolute Gasteiger partial charge is 0.438 e. The van der Waals surface area contributed by atoms with Crippen molar-refractivity contribution in [3.8, 4) is 0 Å². The topological polar surface area (TPSA) is 66.0 Å². The number of fused-ring (bicyclic) bond motifs is 1. The van der Waals surface area contributed by atoms with E-state index in [1.54, 1.807) is 4.98 Å². The van der Waals surface area contributed by atoms with Crippen LogP contribution in [-0.2, 0) is 12.8 Å². The van der Waals surface area contributed by atoms with Crippen molar-refractivity contribution < 1.29 is 22.7 Å². The zero-order valence-electron chi connectivity index (χ0n) is 8.68. The van der Waals surface area contributed by atoms with Crippen LogP contribution in [0.3, 0.4) is 0 Å². The monoisotopic (exact) mass is 262 g/mol. The number of aliphatic hydroxyl groups excluding tert-OH is 1. The Labute approximate surface area is 96.9 Å². The molecule has 0 bridgehead atoms. The predicted molar refractivity (Wildman–Crippen MR) is 53.2 cm³/mol. The van der Waals surface area contributed by atoms with Crippen LogP contribution < -0.4 is 5.56 Å². The third kappa shape index (κ3) is 1.94. The predicted octanol–water partition coefficient (Wildman–Crippen LogP) is 1.57. The Kier molecular flexibility index (Phi) is 2.81. The number of halogens is 4. The SMILES string of the molecule is O=c1[nH]c2c(F)c(CO)ccc2nc1C(F)(F)F. The summed E-state index contributed by atoms with van der Waals surface area (Å²) in [4.78, 5) is 16.0. The van der Waals surface area contributed by atoms with Gasteiger partial charge in [-0.05, 0) is 6.07 Å². The molecule has 0 aliphatic heterocycles. The molecule has 2 N–H and O–H groups in total. The molecule has 0 saturated heterocycles. The first-order valence-electron chi connectivity index (χ1n) is 4.74. The smallest absolute Gasteiger partial charge is 0.392 e. The molecule has 0 spiro atoms. The van der Waals surface area contributed by atoms with Crippen LogP contribution in [0.4, 0.5) is 17.6 Å². The van der Waals surface area contributed by atoms with Gasteiger partial charge in [0.1, 0.15) is 5.52 Å². The molecular weight excluding hydrogens is 256 g/mol. The van der Waals surface area contributed by atoms with Gasteiger partial charge in [-0.3, -0.25) is 4.79 Å². The van der Waals surface area contributed by atoms with Crippen LogP contribution in [0.25, 0.3) is 11.0 Å². The summed E-state index contributed by atoms with van der Waals surface area (Å²) in [6.45, 7) is -0.634. The summed E-state index contributed by atoms with van der Waals surface area (Å²) in [6, 6.07) is 2.19. The Morgan fingerprint density at radius 2 is 2.00 bits per heavy atom. The van der Waals surface area contributed by atoms with E-state index in [9.17, 15) is 22.4 Å². The number of nitrogens with one attached hydrogen (secondary N) is 1. The fourth-order valence-corrected chi connectivity index (χ4v) is 1.48. The van der Waals surface area contributed by atoms with Crippen LogP contribution in [0.5, 0.6) is 0 Å². The minimum absolute atomic E-state index is 0.139. The molecule has 0 fully saturated rings. The van der Waals surface area contributed by atoms with Gasteiger partial charge in [-0.2, -0.15) is 13.2 Å². The molecule has 8 heteroatoms. The van der Waals surface area contributed by atoms with Gasteiger partial charge in [-0.15, -0.1) is 0 Å². The lowest BCUT2D eigenvalue weighted by Gasteiger charge is -2.07. The molecular formula is C10H6F4N2O2. The number of nitrogens with zero attached hydrogens (tertiary/aromatic N) is 1.